The second-order valence-corrected chi connectivity index (χ2v) is 15.5. The zero-order valence-corrected chi connectivity index (χ0v) is 28.1. The Hall–Kier alpha value is -3.36. The Morgan fingerprint density at radius 3 is 2.22 bits per heavy atom. The van der Waals surface area contributed by atoms with Gasteiger partial charge in [-0.3, -0.25) is 4.90 Å². The zero-order valence-electron chi connectivity index (χ0n) is 27.3. The number of fused-ring (bicyclic) bond motifs is 2. The fourth-order valence-corrected chi connectivity index (χ4v) is 9.09. The number of nitrogens with zero attached hydrogens (tertiary/aromatic N) is 1. The highest BCUT2D eigenvalue weighted by molar-refractivity contribution is 7.92. The monoisotopic (exact) mass is 632 g/mol. The predicted molar refractivity (Wildman–Crippen MR) is 179 cm³/mol. The number of ether oxygens (including phenoxy) is 2. The van der Waals surface area contributed by atoms with Gasteiger partial charge in [-0.1, -0.05) is 80.8 Å². The fourth-order valence-electron chi connectivity index (χ4n) is 6.92. The van der Waals surface area contributed by atoms with E-state index in [2.05, 4.69) is 36.5 Å². The summed E-state index contributed by atoms with van der Waals surface area (Å²) in [5.41, 5.74) is 3.57. The van der Waals surface area contributed by atoms with Gasteiger partial charge in [0, 0.05) is 18.2 Å². The van der Waals surface area contributed by atoms with Crippen LogP contribution < -0.4 is 10.1 Å². The molecule has 4 atom stereocenters. The highest BCUT2D eigenvalue weighted by Crippen LogP contribution is 2.44. The number of unbranched alkanes of at least 4 members (excludes halogenated alkanes) is 3. The summed E-state index contributed by atoms with van der Waals surface area (Å²) in [6.07, 6.45) is 6.55. The van der Waals surface area contributed by atoms with Gasteiger partial charge in [0.15, 0.2) is 9.84 Å². The number of carbonyl (C=O) groups excluding carboxylic acids is 1. The second kappa shape index (κ2) is 14.0. The van der Waals surface area contributed by atoms with Gasteiger partial charge in [0.2, 0.25) is 0 Å². The molecule has 0 saturated carbocycles. The lowest BCUT2D eigenvalue weighted by Crippen LogP contribution is -2.50. The summed E-state index contributed by atoms with van der Waals surface area (Å²) in [6, 6.07) is 22.4. The van der Waals surface area contributed by atoms with Crippen LogP contribution in [0.5, 0.6) is 5.75 Å². The molecule has 0 aromatic heterocycles. The van der Waals surface area contributed by atoms with Gasteiger partial charge in [-0.15, -0.1) is 0 Å². The molecule has 2 fully saturated rings. The Bertz CT molecular complexity index is 1550. The van der Waals surface area contributed by atoms with Crippen LogP contribution in [0.3, 0.4) is 0 Å². The molecule has 1 N–H and O–H groups in total. The minimum absolute atomic E-state index is 0.268. The number of benzene rings is 3. The van der Waals surface area contributed by atoms with Crippen molar-refractivity contribution in [2.45, 2.75) is 113 Å². The number of carbonyl (C=O) groups is 1. The van der Waals surface area contributed by atoms with Crippen molar-refractivity contribution in [3.05, 3.63) is 83.9 Å². The van der Waals surface area contributed by atoms with E-state index in [0.29, 0.717) is 17.9 Å². The van der Waals surface area contributed by atoms with Crippen molar-refractivity contribution < 1.29 is 22.7 Å². The predicted octanol–water partition coefficient (Wildman–Crippen LogP) is 7.57. The maximum atomic E-state index is 14.3. The summed E-state index contributed by atoms with van der Waals surface area (Å²) in [5, 5.41) is 2.81. The van der Waals surface area contributed by atoms with Crippen molar-refractivity contribution in [3.8, 4) is 16.9 Å². The molecule has 2 aliphatic rings. The summed E-state index contributed by atoms with van der Waals surface area (Å²) in [6.45, 7) is 8.19. The number of methoxy groups -OCH3 is 1. The third-order valence-corrected chi connectivity index (χ3v) is 11.3. The van der Waals surface area contributed by atoms with Crippen LogP contribution in [0.1, 0.15) is 77.3 Å². The molecule has 3 aromatic carbocycles. The number of sulfone groups is 1. The SMILES string of the molecule is CCCCCCc1ccc(S(=O)(=O)[C@@H]2[C@@H](NCc3ccc(-c4ccccc4OC)cc3)[C@@H]3CC[C@H]2N3C(=O)OC(C)(C)C)cc1. The van der Waals surface area contributed by atoms with Crippen molar-refractivity contribution >= 4 is 15.9 Å². The number of aryl methyl sites for hydroxylation is 1. The Balaban J connectivity index is 1.38. The average Bonchev–Trinajstić information content (AvgIpc) is 3.59. The number of para-hydroxylation sites is 1. The lowest BCUT2D eigenvalue weighted by molar-refractivity contribution is 0.0210. The van der Waals surface area contributed by atoms with Crippen LogP contribution in [0.4, 0.5) is 4.79 Å². The molecule has 2 saturated heterocycles. The quantitative estimate of drug-likeness (QED) is 0.207. The summed E-state index contributed by atoms with van der Waals surface area (Å²) in [5.74, 6) is 0.810. The maximum Gasteiger partial charge on any atom is 0.410 e. The number of rotatable bonds is 12. The minimum atomic E-state index is -3.76. The molecule has 0 radical (unpaired) electrons. The van der Waals surface area contributed by atoms with Crippen LogP contribution in [-0.2, 0) is 27.5 Å². The van der Waals surface area contributed by atoms with Gasteiger partial charge in [-0.25, -0.2) is 13.2 Å². The van der Waals surface area contributed by atoms with Gasteiger partial charge < -0.3 is 14.8 Å². The van der Waals surface area contributed by atoms with E-state index in [4.69, 9.17) is 9.47 Å². The Morgan fingerprint density at radius 1 is 0.889 bits per heavy atom. The molecule has 2 aliphatic heterocycles. The van der Waals surface area contributed by atoms with E-state index in [9.17, 15) is 13.2 Å². The molecule has 2 bridgehead atoms. The number of hydrogen-bond acceptors (Lipinski definition) is 6. The molecule has 242 valence electrons. The Morgan fingerprint density at radius 2 is 1.56 bits per heavy atom. The van der Waals surface area contributed by atoms with Crippen molar-refractivity contribution in [1.29, 1.82) is 0 Å². The van der Waals surface area contributed by atoms with E-state index >= 15 is 0 Å². The van der Waals surface area contributed by atoms with E-state index in [-0.39, 0.29) is 6.04 Å². The molecule has 0 spiro atoms. The molecule has 3 aromatic rings. The van der Waals surface area contributed by atoms with E-state index in [1.54, 1.807) is 24.1 Å². The minimum Gasteiger partial charge on any atom is -0.496 e. The summed E-state index contributed by atoms with van der Waals surface area (Å²) in [7, 11) is -2.09. The first-order valence-corrected chi connectivity index (χ1v) is 17.9. The molecule has 2 heterocycles. The average molecular weight is 633 g/mol. The van der Waals surface area contributed by atoms with Crippen LogP contribution >= 0.6 is 0 Å². The second-order valence-electron chi connectivity index (χ2n) is 13.4. The normalized spacial score (nSPS) is 21.2. The van der Waals surface area contributed by atoms with Crippen molar-refractivity contribution in [2.75, 3.05) is 7.11 Å². The molecule has 5 rings (SSSR count). The Labute approximate surface area is 269 Å². The van der Waals surface area contributed by atoms with Crippen LogP contribution in [0, 0.1) is 0 Å². The lowest BCUT2D eigenvalue weighted by atomic mass is 9.94. The highest BCUT2D eigenvalue weighted by atomic mass is 32.2. The van der Waals surface area contributed by atoms with Crippen LogP contribution in [0.25, 0.3) is 11.1 Å². The van der Waals surface area contributed by atoms with Crippen LogP contribution in [-0.4, -0.2) is 55.5 Å². The first-order chi connectivity index (χ1) is 21.5. The third kappa shape index (κ3) is 7.39. The number of amides is 1. The van der Waals surface area contributed by atoms with Crippen LogP contribution in [0.2, 0.25) is 0 Å². The van der Waals surface area contributed by atoms with Gasteiger partial charge in [-0.05, 0) is 81.3 Å². The maximum absolute atomic E-state index is 14.3. The van der Waals surface area contributed by atoms with Crippen molar-refractivity contribution in [3.63, 3.8) is 0 Å². The topological polar surface area (TPSA) is 84.9 Å². The van der Waals surface area contributed by atoms with Gasteiger partial charge in [0.25, 0.3) is 0 Å². The Kier molecular flexibility index (Phi) is 10.2. The first kappa shape index (κ1) is 33.0. The molecule has 45 heavy (non-hydrogen) atoms. The number of nitrogens with one attached hydrogen (secondary N) is 1. The standard InChI is InChI=1S/C37H48N2O5S/c1-6-7-8-9-12-26-17-21-29(22-18-26)45(41,42)35-32-24-23-31(39(32)36(40)44-37(2,3)4)34(35)38-25-27-15-19-28(20-16-27)30-13-10-11-14-33(30)43-5/h10-11,13-22,31-32,34-35,38H,6-9,12,23-25H2,1-5H3/t31-,32+,34-,35-/m0/s1. The lowest BCUT2D eigenvalue weighted by Gasteiger charge is -2.29. The molecule has 0 unspecified atom stereocenters. The number of hydrogen-bond donors (Lipinski definition) is 1. The van der Waals surface area contributed by atoms with Gasteiger partial charge in [0.05, 0.1) is 24.1 Å². The smallest absolute Gasteiger partial charge is 0.410 e. The zero-order chi connectivity index (χ0) is 32.2. The molecular formula is C37H48N2O5S. The molecule has 0 aliphatic carbocycles. The summed E-state index contributed by atoms with van der Waals surface area (Å²) in [4.78, 5) is 15.5. The summed E-state index contributed by atoms with van der Waals surface area (Å²) < 4.78 is 40.0. The van der Waals surface area contributed by atoms with Crippen molar-refractivity contribution in [1.82, 2.24) is 10.2 Å². The fraction of sp³-hybridized carbons (Fsp3) is 0.486. The molecule has 7 nitrogen and oxygen atoms in total. The molecule has 1 amide bonds. The van der Waals surface area contributed by atoms with Gasteiger partial charge in [0.1, 0.15) is 16.6 Å². The van der Waals surface area contributed by atoms with E-state index in [0.717, 1.165) is 47.3 Å². The molecule has 8 heteroatoms. The first-order valence-electron chi connectivity index (χ1n) is 16.3. The summed E-state index contributed by atoms with van der Waals surface area (Å²) >= 11 is 0. The van der Waals surface area contributed by atoms with E-state index < -0.39 is 38.9 Å². The van der Waals surface area contributed by atoms with Gasteiger partial charge in [-0.2, -0.15) is 0 Å². The van der Waals surface area contributed by atoms with Crippen LogP contribution in [0.15, 0.2) is 77.7 Å². The van der Waals surface area contributed by atoms with Crippen molar-refractivity contribution in [2.24, 2.45) is 0 Å². The highest BCUT2D eigenvalue weighted by Gasteiger charge is 2.60. The van der Waals surface area contributed by atoms with Gasteiger partial charge >= 0.3 is 6.09 Å². The largest absolute Gasteiger partial charge is 0.496 e. The van der Waals surface area contributed by atoms with E-state index in [1.807, 2.05) is 57.2 Å². The van der Waals surface area contributed by atoms with E-state index in [1.165, 1.54) is 19.3 Å². The molecular weight excluding hydrogens is 584 g/mol. The third-order valence-electron chi connectivity index (χ3n) is 9.07.